The van der Waals surface area contributed by atoms with Crippen molar-refractivity contribution < 1.29 is 4.79 Å². The van der Waals surface area contributed by atoms with Gasteiger partial charge in [0, 0.05) is 33.9 Å². The molecule has 0 aliphatic carbocycles. The van der Waals surface area contributed by atoms with Crippen LogP contribution in [0.2, 0.25) is 0 Å². The van der Waals surface area contributed by atoms with Crippen molar-refractivity contribution in [3.05, 3.63) is 74.4 Å². The molecule has 0 saturated carbocycles. The van der Waals surface area contributed by atoms with E-state index in [2.05, 4.69) is 31.2 Å². The van der Waals surface area contributed by atoms with Crippen LogP contribution in [0.5, 0.6) is 0 Å². The van der Waals surface area contributed by atoms with Crippen LogP contribution in [0.25, 0.3) is 0 Å². The topological polar surface area (TPSA) is 54.9 Å². The van der Waals surface area contributed by atoms with Gasteiger partial charge in [0.05, 0.1) is 17.1 Å². The molecule has 2 heterocycles. The summed E-state index contributed by atoms with van der Waals surface area (Å²) in [6.07, 6.45) is 2.74. The first-order valence-corrected chi connectivity index (χ1v) is 9.16. The van der Waals surface area contributed by atoms with Gasteiger partial charge in [-0.3, -0.25) is 9.78 Å². The Hall–Kier alpha value is -2.05. The Kier molecular flexibility index (Phi) is 5.37. The van der Waals surface area contributed by atoms with Gasteiger partial charge in [0.2, 0.25) is 5.91 Å². The molecule has 4 nitrogen and oxygen atoms in total. The Morgan fingerprint density at radius 2 is 2.12 bits per heavy atom. The van der Waals surface area contributed by atoms with E-state index in [0.717, 1.165) is 32.1 Å². The summed E-state index contributed by atoms with van der Waals surface area (Å²) in [5.41, 5.74) is 3.62. The fourth-order valence-electron chi connectivity index (χ4n) is 2.30. The lowest BCUT2D eigenvalue weighted by Gasteiger charge is -2.08. The summed E-state index contributed by atoms with van der Waals surface area (Å²) >= 11 is 4.98. The van der Waals surface area contributed by atoms with Gasteiger partial charge in [-0.2, -0.15) is 0 Å². The SMILES string of the molecule is Cc1cc(Br)ccc1NC(=O)Cc1csc(Cc2ccccn2)n1. The van der Waals surface area contributed by atoms with Crippen LogP contribution in [0.4, 0.5) is 5.69 Å². The minimum absolute atomic E-state index is 0.0601. The minimum atomic E-state index is -0.0601. The lowest BCUT2D eigenvalue weighted by atomic mass is 10.2. The Bertz CT molecular complexity index is 848. The number of anilines is 1. The summed E-state index contributed by atoms with van der Waals surface area (Å²) in [6, 6.07) is 11.6. The van der Waals surface area contributed by atoms with Crippen molar-refractivity contribution in [3.8, 4) is 0 Å². The second-order valence-electron chi connectivity index (χ2n) is 5.41. The molecular formula is C18H16BrN3OS. The van der Waals surface area contributed by atoms with Gasteiger partial charge in [0.15, 0.2) is 0 Å². The highest BCUT2D eigenvalue weighted by Gasteiger charge is 2.10. The van der Waals surface area contributed by atoms with E-state index >= 15 is 0 Å². The summed E-state index contributed by atoms with van der Waals surface area (Å²) in [6.45, 7) is 1.97. The van der Waals surface area contributed by atoms with Crippen molar-refractivity contribution in [2.45, 2.75) is 19.8 Å². The number of aryl methyl sites for hydroxylation is 1. The first kappa shape index (κ1) is 16.8. The summed E-state index contributed by atoms with van der Waals surface area (Å²) < 4.78 is 0.997. The zero-order valence-electron chi connectivity index (χ0n) is 13.1. The highest BCUT2D eigenvalue weighted by Crippen LogP contribution is 2.20. The third-order valence-corrected chi connectivity index (χ3v) is 4.85. The number of hydrogen-bond donors (Lipinski definition) is 1. The number of rotatable bonds is 5. The smallest absolute Gasteiger partial charge is 0.230 e. The summed E-state index contributed by atoms with van der Waals surface area (Å²) in [7, 11) is 0. The molecule has 0 spiro atoms. The molecule has 0 aliphatic heterocycles. The number of hydrogen-bond acceptors (Lipinski definition) is 4. The van der Waals surface area contributed by atoms with Gasteiger partial charge in [-0.25, -0.2) is 4.98 Å². The molecule has 0 bridgehead atoms. The van der Waals surface area contributed by atoms with E-state index in [1.165, 1.54) is 0 Å². The highest BCUT2D eigenvalue weighted by molar-refractivity contribution is 9.10. The van der Waals surface area contributed by atoms with E-state index in [1.54, 1.807) is 17.5 Å². The van der Waals surface area contributed by atoms with Crippen LogP contribution < -0.4 is 5.32 Å². The van der Waals surface area contributed by atoms with Crippen molar-refractivity contribution in [1.29, 1.82) is 0 Å². The van der Waals surface area contributed by atoms with Crippen LogP contribution in [-0.2, 0) is 17.6 Å². The lowest BCUT2D eigenvalue weighted by molar-refractivity contribution is -0.115. The molecule has 122 valence electrons. The number of amides is 1. The third-order valence-electron chi connectivity index (χ3n) is 3.46. The Morgan fingerprint density at radius 3 is 2.88 bits per heavy atom. The number of thiazole rings is 1. The average molecular weight is 402 g/mol. The molecule has 0 radical (unpaired) electrons. The van der Waals surface area contributed by atoms with Crippen LogP contribution in [0, 0.1) is 6.92 Å². The Balaban J connectivity index is 1.61. The quantitative estimate of drug-likeness (QED) is 0.689. The number of nitrogens with one attached hydrogen (secondary N) is 1. The fourth-order valence-corrected chi connectivity index (χ4v) is 3.58. The molecule has 24 heavy (non-hydrogen) atoms. The number of carbonyl (C=O) groups excluding carboxylic acids is 1. The standard InChI is InChI=1S/C18H16BrN3OS/c1-12-8-13(19)5-6-16(12)22-17(23)9-15-11-24-18(21-15)10-14-4-2-3-7-20-14/h2-8,11H,9-10H2,1H3,(H,22,23). The highest BCUT2D eigenvalue weighted by atomic mass is 79.9. The van der Waals surface area contributed by atoms with Gasteiger partial charge >= 0.3 is 0 Å². The van der Waals surface area contributed by atoms with Crippen LogP contribution in [0.15, 0.2) is 52.4 Å². The normalized spacial score (nSPS) is 10.6. The Labute approximate surface area is 153 Å². The number of benzene rings is 1. The zero-order valence-corrected chi connectivity index (χ0v) is 15.5. The molecule has 3 rings (SSSR count). The minimum Gasteiger partial charge on any atom is -0.326 e. The summed E-state index contributed by atoms with van der Waals surface area (Å²) in [5, 5.41) is 5.84. The summed E-state index contributed by atoms with van der Waals surface area (Å²) in [5.74, 6) is -0.0601. The molecule has 0 aliphatic rings. The average Bonchev–Trinajstić information content (AvgIpc) is 2.98. The predicted octanol–water partition coefficient (Wildman–Crippen LogP) is 4.38. The largest absolute Gasteiger partial charge is 0.326 e. The van der Waals surface area contributed by atoms with E-state index in [9.17, 15) is 4.79 Å². The van der Waals surface area contributed by atoms with Gasteiger partial charge in [-0.15, -0.1) is 11.3 Å². The van der Waals surface area contributed by atoms with E-state index in [4.69, 9.17) is 0 Å². The first-order chi connectivity index (χ1) is 11.6. The maximum atomic E-state index is 12.2. The fraction of sp³-hybridized carbons (Fsp3) is 0.167. The molecule has 0 saturated heterocycles. The molecule has 6 heteroatoms. The molecule has 0 fully saturated rings. The van der Waals surface area contributed by atoms with Crippen molar-refractivity contribution >= 4 is 38.9 Å². The molecule has 3 aromatic rings. The van der Waals surface area contributed by atoms with Crippen LogP contribution in [0.3, 0.4) is 0 Å². The molecule has 1 aromatic carbocycles. The van der Waals surface area contributed by atoms with E-state index in [-0.39, 0.29) is 12.3 Å². The van der Waals surface area contributed by atoms with Crippen LogP contribution >= 0.6 is 27.3 Å². The van der Waals surface area contributed by atoms with Crippen molar-refractivity contribution in [2.24, 2.45) is 0 Å². The number of pyridine rings is 1. The predicted molar refractivity (Wildman–Crippen MR) is 100 cm³/mol. The van der Waals surface area contributed by atoms with Crippen molar-refractivity contribution in [3.63, 3.8) is 0 Å². The second-order valence-corrected chi connectivity index (χ2v) is 7.27. The Morgan fingerprint density at radius 1 is 1.25 bits per heavy atom. The zero-order chi connectivity index (χ0) is 16.9. The first-order valence-electron chi connectivity index (χ1n) is 7.49. The van der Waals surface area contributed by atoms with E-state index in [1.807, 2.05) is 48.7 Å². The van der Waals surface area contributed by atoms with E-state index < -0.39 is 0 Å². The maximum Gasteiger partial charge on any atom is 0.230 e. The van der Waals surface area contributed by atoms with Crippen LogP contribution in [-0.4, -0.2) is 15.9 Å². The number of halogens is 1. The number of nitrogens with zero attached hydrogens (tertiary/aromatic N) is 2. The maximum absolute atomic E-state index is 12.2. The lowest BCUT2D eigenvalue weighted by Crippen LogP contribution is -2.15. The molecule has 0 unspecified atom stereocenters. The van der Waals surface area contributed by atoms with Gasteiger partial charge < -0.3 is 5.32 Å². The van der Waals surface area contributed by atoms with Gasteiger partial charge in [0.25, 0.3) is 0 Å². The van der Waals surface area contributed by atoms with Gasteiger partial charge in [0.1, 0.15) is 0 Å². The molecule has 1 N–H and O–H groups in total. The second kappa shape index (κ2) is 7.68. The van der Waals surface area contributed by atoms with E-state index in [0.29, 0.717) is 6.42 Å². The van der Waals surface area contributed by atoms with Gasteiger partial charge in [-0.05, 0) is 42.8 Å². The summed E-state index contributed by atoms with van der Waals surface area (Å²) in [4.78, 5) is 21.1. The molecular weight excluding hydrogens is 386 g/mol. The molecule has 0 atom stereocenters. The van der Waals surface area contributed by atoms with Crippen LogP contribution in [0.1, 0.15) is 22.0 Å². The van der Waals surface area contributed by atoms with Gasteiger partial charge in [-0.1, -0.05) is 22.0 Å². The van der Waals surface area contributed by atoms with Crippen molar-refractivity contribution in [1.82, 2.24) is 9.97 Å². The van der Waals surface area contributed by atoms with Crippen molar-refractivity contribution in [2.75, 3.05) is 5.32 Å². The molecule has 2 aromatic heterocycles. The molecule has 1 amide bonds. The third kappa shape index (κ3) is 4.49. The monoisotopic (exact) mass is 401 g/mol. The number of aromatic nitrogens is 2. The number of carbonyl (C=O) groups is 1.